The standard InChI is InChI=1S/C14H20N4O3S/c1-16-10-12(9-15-16)11-17(2)22(19,20)18-7-3-5-13(18)14-6-4-8-21-14/h4,6,8-10,13H,3,5,7,11H2,1-2H3/t13-/m0/s1. The van der Waals surface area contributed by atoms with Crippen molar-refractivity contribution in [2.45, 2.75) is 25.4 Å². The summed E-state index contributed by atoms with van der Waals surface area (Å²) in [6.45, 7) is 0.822. The molecule has 0 bridgehead atoms. The Bertz CT molecular complexity index is 723. The summed E-state index contributed by atoms with van der Waals surface area (Å²) in [6.07, 6.45) is 6.70. The van der Waals surface area contributed by atoms with Crippen molar-refractivity contribution in [2.24, 2.45) is 7.05 Å². The zero-order chi connectivity index (χ0) is 15.7. The molecule has 1 atom stereocenters. The largest absolute Gasteiger partial charge is 0.468 e. The van der Waals surface area contributed by atoms with Gasteiger partial charge in [-0.2, -0.15) is 22.1 Å². The van der Waals surface area contributed by atoms with E-state index in [0.29, 0.717) is 18.8 Å². The Balaban J connectivity index is 1.79. The summed E-state index contributed by atoms with van der Waals surface area (Å²) in [5.41, 5.74) is 0.863. The van der Waals surface area contributed by atoms with Crippen LogP contribution >= 0.6 is 0 Å². The zero-order valence-electron chi connectivity index (χ0n) is 12.7. The number of hydrogen-bond acceptors (Lipinski definition) is 4. The van der Waals surface area contributed by atoms with E-state index < -0.39 is 10.2 Å². The van der Waals surface area contributed by atoms with Crippen molar-refractivity contribution < 1.29 is 12.8 Å². The van der Waals surface area contributed by atoms with E-state index >= 15 is 0 Å². The van der Waals surface area contributed by atoms with Crippen LogP contribution in [0.5, 0.6) is 0 Å². The minimum Gasteiger partial charge on any atom is -0.468 e. The van der Waals surface area contributed by atoms with E-state index in [1.54, 1.807) is 30.3 Å². The maximum absolute atomic E-state index is 12.8. The highest BCUT2D eigenvalue weighted by atomic mass is 32.2. The van der Waals surface area contributed by atoms with E-state index in [-0.39, 0.29) is 6.04 Å². The van der Waals surface area contributed by atoms with Crippen LogP contribution in [-0.2, 0) is 23.8 Å². The van der Waals surface area contributed by atoms with Gasteiger partial charge in [-0.05, 0) is 25.0 Å². The molecule has 0 amide bonds. The van der Waals surface area contributed by atoms with Gasteiger partial charge in [-0.15, -0.1) is 0 Å². The van der Waals surface area contributed by atoms with Crippen molar-refractivity contribution in [1.29, 1.82) is 0 Å². The second kappa shape index (κ2) is 5.86. The van der Waals surface area contributed by atoms with E-state index in [1.165, 1.54) is 8.61 Å². The lowest BCUT2D eigenvalue weighted by molar-refractivity contribution is 0.311. The molecule has 7 nitrogen and oxygen atoms in total. The van der Waals surface area contributed by atoms with Crippen molar-refractivity contribution in [1.82, 2.24) is 18.4 Å². The Labute approximate surface area is 130 Å². The number of hydrogen-bond donors (Lipinski definition) is 0. The Morgan fingerprint density at radius 1 is 1.50 bits per heavy atom. The molecule has 0 radical (unpaired) electrons. The highest BCUT2D eigenvalue weighted by molar-refractivity contribution is 7.86. The first kappa shape index (κ1) is 15.3. The lowest BCUT2D eigenvalue weighted by atomic mass is 10.2. The summed E-state index contributed by atoms with van der Waals surface area (Å²) in [5, 5.41) is 4.07. The average molecular weight is 324 g/mol. The first-order chi connectivity index (χ1) is 10.5. The fraction of sp³-hybridized carbons (Fsp3) is 0.500. The van der Waals surface area contributed by atoms with E-state index in [9.17, 15) is 8.42 Å². The summed E-state index contributed by atoms with van der Waals surface area (Å²) in [5.74, 6) is 0.704. The van der Waals surface area contributed by atoms with Gasteiger partial charge in [0.1, 0.15) is 5.76 Å². The number of furan rings is 1. The SMILES string of the molecule is CN(Cc1cnn(C)c1)S(=O)(=O)N1CCC[C@H]1c1ccco1. The Morgan fingerprint density at radius 2 is 2.32 bits per heavy atom. The normalized spacial score (nSPS) is 20.0. The van der Waals surface area contributed by atoms with Crippen LogP contribution < -0.4 is 0 Å². The molecule has 120 valence electrons. The summed E-state index contributed by atoms with van der Waals surface area (Å²) in [7, 11) is -0.125. The molecule has 1 aliphatic heterocycles. The quantitative estimate of drug-likeness (QED) is 0.836. The van der Waals surface area contributed by atoms with Crippen LogP contribution in [0, 0.1) is 0 Å². The Kier molecular flexibility index (Phi) is 4.07. The average Bonchev–Trinajstić information content (AvgIpc) is 3.18. The predicted molar refractivity (Wildman–Crippen MR) is 81.0 cm³/mol. The van der Waals surface area contributed by atoms with Gasteiger partial charge in [-0.25, -0.2) is 0 Å². The molecule has 1 aliphatic rings. The van der Waals surface area contributed by atoms with Gasteiger partial charge < -0.3 is 4.42 Å². The molecular weight excluding hydrogens is 304 g/mol. The number of rotatable bonds is 5. The molecule has 1 fully saturated rings. The van der Waals surface area contributed by atoms with Gasteiger partial charge in [-0.1, -0.05) is 0 Å². The molecule has 8 heteroatoms. The molecule has 0 spiro atoms. The lowest BCUT2D eigenvalue weighted by Crippen LogP contribution is -2.41. The van der Waals surface area contributed by atoms with Crippen LogP contribution in [0.1, 0.15) is 30.2 Å². The highest BCUT2D eigenvalue weighted by Crippen LogP contribution is 2.35. The molecular formula is C14H20N4O3S. The van der Waals surface area contributed by atoms with Gasteiger partial charge in [0.25, 0.3) is 10.2 Å². The molecule has 2 aromatic rings. The summed E-state index contributed by atoms with van der Waals surface area (Å²) < 4.78 is 35.6. The molecule has 0 N–H and O–H groups in total. The zero-order valence-corrected chi connectivity index (χ0v) is 13.5. The topological polar surface area (TPSA) is 71.6 Å². The molecule has 1 saturated heterocycles. The monoisotopic (exact) mass is 324 g/mol. The highest BCUT2D eigenvalue weighted by Gasteiger charge is 2.38. The van der Waals surface area contributed by atoms with Gasteiger partial charge in [0.2, 0.25) is 0 Å². The van der Waals surface area contributed by atoms with Crippen LogP contribution in [0.25, 0.3) is 0 Å². The second-order valence-electron chi connectivity index (χ2n) is 5.57. The van der Waals surface area contributed by atoms with E-state index in [4.69, 9.17) is 4.42 Å². The minimum atomic E-state index is -3.53. The van der Waals surface area contributed by atoms with Crippen molar-refractivity contribution in [3.63, 3.8) is 0 Å². The Morgan fingerprint density at radius 3 is 2.95 bits per heavy atom. The van der Waals surface area contributed by atoms with Crippen molar-refractivity contribution >= 4 is 10.2 Å². The summed E-state index contributed by atoms with van der Waals surface area (Å²) in [4.78, 5) is 0. The number of aryl methyl sites for hydroxylation is 1. The van der Waals surface area contributed by atoms with Gasteiger partial charge in [0.15, 0.2) is 0 Å². The number of aromatic nitrogens is 2. The summed E-state index contributed by atoms with van der Waals surface area (Å²) in [6, 6.07) is 3.41. The third-order valence-corrected chi connectivity index (χ3v) is 5.88. The van der Waals surface area contributed by atoms with Crippen LogP contribution in [0.15, 0.2) is 35.2 Å². The van der Waals surface area contributed by atoms with Crippen LogP contribution in [0.2, 0.25) is 0 Å². The van der Waals surface area contributed by atoms with E-state index in [1.807, 2.05) is 19.3 Å². The molecule has 0 saturated carbocycles. The van der Waals surface area contributed by atoms with Crippen LogP contribution in [0.3, 0.4) is 0 Å². The molecule has 0 aliphatic carbocycles. The summed E-state index contributed by atoms with van der Waals surface area (Å²) >= 11 is 0. The molecule has 22 heavy (non-hydrogen) atoms. The first-order valence-corrected chi connectivity index (χ1v) is 8.62. The maximum Gasteiger partial charge on any atom is 0.282 e. The molecule has 3 heterocycles. The molecule has 2 aromatic heterocycles. The van der Waals surface area contributed by atoms with Crippen LogP contribution in [-0.4, -0.2) is 40.4 Å². The van der Waals surface area contributed by atoms with Gasteiger partial charge in [0, 0.05) is 38.9 Å². The van der Waals surface area contributed by atoms with Gasteiger partial charge in [0.05, 0.1) is 18.5 Å². The molecule has 3 rings (SSSR count). The fourth-order valence-corrected chi connectivity index (χ4v) is 4.41. The predicted octanol–water partition coefficient (Wildman–Crippen LogP) is 1.53. The molecule has 0 unspecified atom stereocenters. The number of nitrogens with zero attached hydrogens (tertiary/aromatic N) is 4. The molecule has 0 aromatic carbocycles. The Hall–Kier alpha value is -1.64. The van der Waals surface area contributed by atoms with Gasteiger partial charge >= 0.3 is 0 Å². The van der Waals surface area contributed by atoms with Crippen molar-refractivity contribution in [3.8, 4) is 0 Å². The second-order valence-corrected chi connectivity index (χ2v) is 7.56. The third-order valence-electron chi connectivity index (χ3n) is 3.93. The minimum absolute atomic E-state index is 0.212. The van der Waals surface area contributed by atoms with E-state index in [2.05, 4.69) is 5.10 Å². The lowest BCUT2D eigenvalue weighted by Gasteiger charge is -2.27. The van der Waals surface area contributed by atoms with Crippen LogP contribution in [0.4, 0.5) is 0 Å². The maximum atomic E-state index is 12.8. The van der Waals surface area contributed by atoms with E-state index in [0.717, 1.165) is 18.4 Å². The fourth-order valence-electron chi connectivity index (χ4n) is 2.85. The third kappa shape index (κ3) is 2.81. The smallest absolute Gasteiger partial charge is 0.282 e. The van der Waals surface area contributed by atoms with Crippen molar-refractivity contribution in [3.05, 3.63) is 42.1 Å². The van der Waals surface area contributed by atoms with Crippen molar-refractivity contribution in [2.75, 3.05) is 13.6 Å². The first-order valence-electron chi connectivity index (χ1n) is 7.22. The van der Waals surface area contributed by atoms with Gasteiger partial charge in [-0.3, -0.25) is 4.68 Å².